The van der Waals surface area contributed by atoms with Crippen molar-refractivity contribution < 1.29 is 9.59 Å². The number of fused-ring (bicyclic) bond motifs is 1. The average Bonchev–Trinajstić information content (AvgIpc) is 3.26. The molecule has 2 amide bonds. The van der Waals surface area contributed by atoms with Gasteiger partial charge in [0.15, 0.2) is 5.13 Å². The van der Waals surface area contributed by atoms with E-state index < -0.39 is 0 Å². The number of carbonyl (C=O) groups excluding carboxylic acids is 2. The Balaban J connectivity index is 1.54. The molecule has 2 aromatic heterocycles. The van der Waals surface area contributed by atoms with E-state index in [4.69, 9.17) is 0 Å². The van der Waals surface area contributed by atoms with Crippen LogP contribution in [-0.4, -0.2) is 32.0 Å². The van der Waals surface area contributed by atoms with Gasteiger partial charge in [0, 0.05) is 23.1 Å². The molecule has 120 valence electrons. The van der Waals surface area contributed by atoms with Crippen LogP contribution in [0.15, 0.2) is 29.9 Å². The maximum Gasteiger partial charge on any atom is 0.294 e. The summed E-state index contributed by atoms with van der Waals surface area (Å²) in [6.07, 6.45) is 2.48. The Morgan fingerprint density at radius 1 is 1.29 bits per heavy atom. The number of hydrogen-bond acceptors (Lipinski definition) is 6. The quantitative estimate of drug-likeness (QED) is 0.675. The Bertz CT molecular complexity index is 918. The first-order valence-electron chi connectivity index (χ1n) is 7.24. The minimum absolute atomic E-state index is 0.0429. The van der Waals surface area contributed by atoms with Gasteiger partial charge in [-0.2, -0.15) is 5.10 Å². The van der Waals surface area contributed by atoms with Crippen LogP contribution in [0, 0.1) is 0 Å². The molecule has 1 aliphatic heterocycles. The molecular formula is C15H12N6O2S. The van der Waals surface area contributed by atoms with Crippen molar-refractivity contribution in [1.82, 2.24) is 20.2 Å². The second-order valence-electron chi connectivity index (χ2n) is 5.25. The standard InChI is InChI=1S/C15H12N6O2S/c22-12-4-2-8-5-9(1-3-10(8)18-12)11-6-24-15(19-11)20-14(23)13-16-7-17-21-13/h1,3,5-7H,2,4H2,(H,18,22)(H,16,17,21)(H,19,20,23). The fraction of sp³-hybridized carbons (Fsp3) is 0.133. The van der Waals surface area contributed by atoms with Crippen molar-refractivity contribution in [2.45, 2.75) is 12.8 Å². The van der Waals surface area contributed by atoms with Gasteiger partial charge in [-0.1, -0.05) is 6.07 Å². The van der Waals surface area contributed by atoms with Crippen molar-refractivity contribution in [2.24, 2.45) is 0 Å². The highest BCUT2D eigenvalue weighted by Crippen LogP contribution is 2.30. The van der Waals surface area contributed by atoms with Crippen molar-refractivity contribution >= 4 is 34.0 Å². The number of rotatable bonds is 3. The first-order chi connectivity index (χ1) is 11.7. The number of anilines is 2. The molecule has 8 nitrogen and oxygen atoms in total. The van der Waals surface area contributed by atoms with E-state index in [1.807, 2.05) is 23.6 Å². The number of amides is 2. The zero-order chi connectivity index (χ0) is 16.5. The number of carbonyl (C=O) groups is 2. The normalized spacial score (nSPS) is 13.2. The van der Waals surface area contributed by atoms with E-state index >= 15 is 0 Å². The highest BCUT2D eigenvalue weighted by molar-refractivity contribution is 7.14. The molecule has 0 atom stereocenters. The maximum absolute atomic E-state index is 11.9. The summed E-state index contributed by atoms with van der Waals surface area (Å²) in [7, 11) is 0. The molecule has 0 saturated carbocycles. The van der Waals surface area contributed by atoms with Crippen LogP contribution in [0.5, 0.6) is 0 Å². The predicted molar refractivity (Wildman–Crippen MR) is 88.8 cm³/mol. The molecule has 9 heteroatoms. The number of aromatic nitrogens is 4. The molecule has 1 aliphatic rings. The van der Waals surface area contributed by atoms with Crippen molar-refractivity contribution in [3.05, 3.63) is 41.3 Å². The lowest BCUT2D eigenvalue weighted by molar-refractivity contribution is -0.116. The van der Waals surface area contributed by atoms with Crippen LogP contribution in [-0.2, 0) is 11.2 Å². The van der Waals surface area contributed by atoms with Crippen LogP contribution in [0.3, 0.4) is 0 Å². The van der Waals surface area contributed by atoms with E-state index in [-0.39, 0.29) is 17.6 Å². The fourth-order valence-corrected chi connectivity index (χ4v) is 3.19. The third-order valence-corrected chi connectivity index (χ3v) is 4.41. The van der Waals surface area contributed by atoms with Crippen molar-refractivity contribution in [3.8, 4) is 11.3 Å². The summed E-state index contributed by atoms with van der Waals surface area (Å²) in [4.78, 5) is 31.6. The fourth-order valence-electron chi connectivity index (χ4n) is 2.48. The van der Waals surface area contributed by atoms with Crippen LogP contribution in [0.25, 0.3) is 11.3 Å². The Morgan fingerprint density at radius 2 is 2.21 bits per heavy atom. The lowest BCUT2D eigenvalue weighted by Crippen LogP contribution is -2.18. The number of aryl methyl sites for hydroxylation is 1. The number of thiazole rings is 1. The molecule has 3 N–H and O–H groups in total. The molecule has 0 spiro atoms. The first kappa shape index (κ1) is 14.5. The second-order valence-corrected chi connectivity index (χ2v) is 6.10. The van der Waals surface area contributed by atoms with Crippen LogP contribution >= 0.6 is 11.3 Å². The highest BCUT2D eigenvalue weighted by Gasteiger charge is 2.16. The summed E-state index contributed by atoms with van der Waals surface area (Å²) in [5.41, 5.74) is 3.66. The molecule has 0 aliphatic carbocycles. The monoisotopic (exact) mass is 340 g/mol. The summed E-state index contributed by atoms with van der Waals surface area (Å²) in [5, 5.41) is 14.0. The summed E-state index contributed by atoms with van der Waals surface area (Å²) in [6.45, 7) is 0. The van der Waals surface area contributed by atoms with Gasteiger partial charge in [-0.15, -0.1) is 11.3 Å². The number of nitrogens with zero attached hydrogens (tertiary/aromatic N) is 3. The summed E-state index contributed by atoms with van der Waals surface area (Å²) in [6, 6.07) is 5.81. The summed E-state index contributed by atoms with van der Waals surface area (Å²) >= 11 is 1.33. The van der Waals surface area contributed by atoms with E-state index in [9.17, 15) is 9.59 Å². The molecular weight excluding hydrogens is 328 g/mol. The molecule has 0 fully saturated rings. The molecule has 0 bridgehead atoms. The van der Waals surface area contributed by atoms with Crippen molar-refractivity contribution in [1.29, 1.82) is 0 Å². The largest absolute Gasteiger partial charge is 0.326 e. The molecule has 0 saturated heterocycles. The summed E-state index contributed by atoms with van der Waals surface area (Å²) < 4.78 is 0. The highest BCUT2D eigenvalue weighted by atomic mass is 32.1. The topological polar surface area (TPSA) is 113 Å². The molecule has 0 radical (unpaired) electrons. The predicted octanol–water partition coefficient (Wildman–Crippen LogP) is 2.07. The van der Waals surface area contributed by atoms with Crippen LogP contribution in [0.4, 0.5) is 10.8 Å². The van der Waals surface area contributed by atoms with Gasteiger partial charge in [-0.3, -0.25) is 20.0 Å². The van der Waals surface area contributed by atoms with Gasteiger partial charge in [0.1, 0.15) is 6.33 Å². The Kier molecular flexibility index (Phi) is 3.54. The Hall–Kier alpha value is -3.07. The molecule has 4 rings (SSSR count). The molecule has 3 aromatic rings. The van der Waals surface area contributed by atoms with Crippen molar-refractivity contribution in [3.63, 3.8) is 0 Å². The number of aromatic amines is 1. The smallest absolute Gasteiger partial charge is 0.294 e. The van der Waals surface area contributed by atoms with Gasteiger partial charge in [0.2, 0.25) is 11.7 Å². The average molecular weight is 340 g/mol. The van der Waals surface area contributed by atoms with Gasteiger partial charge in [-0.05, 0) is 24.1 Å². The molecule has 0 unspecified atom stereocenters. The van der Waals surface area contributed by atoms with E-state index in [0.717, 1.165) is 22.5 Å². The third-order valence-electron chi connectivity index (χ3n) is 3.65. The van der Waals surface area contributed by atoms with Gasteiger partial charge >= 0.3 is 0 Å². The van der Waals surface area contributed by atoms with Gasteiger partial charge < -0.3 is 5.32 Å². The Labute approximate surface area is 140 Å². The lowest BCUT2D eigenvalue weighted by Gasteiger charge is -2.17. The van der Waals surface area contributed by atoms with Crippen LogP contribution < -0.4 is 10.6 Å². The summed E-state index contributed by atoms with van der Waals surface area (Å²) in [5.74, 6) is -0.209. The first-order valence-corrected chi connectivity index (χ1v) is 8.12. The van der Waals surface area contributed by atoms with E-state index in [2.05, 4.69) is 30.8 Å². The van der Waals surface area contributed by atoms with Crippen molar-refractivity contribution in [2.75, 3.05) is 10.6 Å². The third kappa shape index (κ3) is 2.76. The minimum atomic E-state index is -0.387. The van der Waals surface area contributed by atoms with E-state index in [1.165, 1.54) is 17.7 Å². The lowest BCUT2D eigenvalue weighted by atomic mass is 9.99. The SMILES string of the molecule is O=C1CCc2cc(-c3csc(NC(=O)c4ncn[nH]4)n3)ccc2N1. The number of hydrogen-bond donors (Lipinski definition) is 3. The zero-order valence-corrected chi connectivity index (χ0v) is 13.2. The molecule has 1 aromatic carbocycles. The second kappa shape index (κ2) is 5.85. The maximum atomic E-state index is 11.9. The minimum Gasteiger partial charge on any atom is -0.326 e. The number of benzene rings is 1. The van der Waals surface area contributed by atoms with Gasteiger partial charge in [-0.25, -0.2) is 9.97 Å². The zero-order valence-electron chi connectivity index (χ0n) is 12.4. The van der Waals surface area contributed by atoms with E-state index in [0.29, 0.717) is 18.0 Å². The molecule has 3 heterocycles. The Morgan fingerprint density at radius 3 is 3.04 bits per heavy atom. The number of nitrogens with one attached hydrogen (secondary N) is 3. The van der Waals surface area contributed by atoms with Gasteiger partial charge in [0.25, 0.3) is 5.91 Å². The van der Waals surface area contributed by atoms with Gasteiger partial charge in [0.05, 0.1) is 5.69 Å². The van der Waals surface area contributed by atoms with Crippen LogP contribution in [0.1, 0.15) is 22.6 Å². The molecule has 24 heavy (non-hydrogen) atoms. The number of H-pyrrole nitrogens is 1. The van der Waals surface area contributed by atoms with Crippen LogP contribution in [0.2, 0.25) is 0 Å². The van der Waals surface area contributed by atoms with E-state index in [1.54, 1.807) is 0 Å².